The molecule has 24 heavy (non-hydrogen) atoms. The molecule has 7 nitrogen and oxygen atoms in total. The van der Waals surface area contributed by atoms with Gasteiger partial charge in [0.05, 0.1) is 6.54 Å². The van der Waals surface area contributed by atoms with Gasteiger partial charge in [-0.25, -0.2) is 10.3 Å². The van der Waals surface area contributed by atoms with Gasteiger partial charge in [0.2, 0.25) is 0 Å². The molecular formula is C17H18N4O3. The summed E-state index contributed by atoms with van der Waals surface area (Å²) in [4.78, 5) is 29.3. The third kappa shape index (κ3) is 3.07. The number of amides is 3. The summed E-state index contributed by atoms with van der Waals surface area (Å²) in [6.07, 6.45) is 3.48. The molecule has 3 N–H and O–H groups in total. The predicted molar refractivity (Wildman–Crippen MR) is 86.9 cm³/mol. The van der Waals surface area contributed by atoms with Gasteiger partial charge in [-0.3, -0.25) is 15.0 Å². The minimum absolute atomic E-state index is 0.185. The summed E-state index contributed by atoms with van der Waals surface area (Å²) in [6, 6.07) is 11.4. The number of benzene rings is 1. The fourth-order valence-electron chi connectivity index (χ4n) is 2.76. The molecule has 0 aliphatic carbocycles. The standard InChI is InChI=1S/C17H18N4O3/c1-17(15(22)20-24)11-21(16(23)19-17)10-12-2-4-13(5-3-12)14-6-8-18-9-7-14/h2-9,24H,10-11H2,1H3,(H,19,23)(H,20,22). The smallest absolute Gasteiger partial charge is 0.318 e. The van der Waals surface area contributed by atoms with Crippen molar-refractivity contribution in [3.63, 3.8) is 0 Å². The highest BCUT2D eigenvalue weighted by atomic mass is 16.5. The van der Waals surface area contributed by atoms with Crippen LogP contribution in [0.3, 0.4) is 0 Å². The summed E-state index contributed by atoms with van der Waals surface area (Å²) in [5, 5.41) is 11.4. The fourth-order valence-corrected chi connectivity index (χ4v) is 2.76. The maximum Gasteiger partial charge on any atom is 0.318 e. The van der Waals surface area contributed by atoms with E-state index in [1.54, 1.807) is 24.8 Å². The van der Waals surface area contributed by atoms with E-state index in [0.29, 0.717) is 6.54 Å². The van der Waals surface area contributed by atoms with Crippen LogP contribution in [0.25, 0.3) is 11.1 Å². The first kappa shape index (κ1) is 15.9. The number of nitrogens with zero attached hydrogens (tertiary/aromatic N) is 2. The molecule has 1 aliphatic heterocycles. The third-order valence-electron chi connectivity index (χ3n) is 4.12. The molecule has 0 radical (unpaired) electrons. The predicted octanol–water partition coefficient (Wildman–Crippen LogP) is 1.54. The van der Waals surface area contributed by atoms with Gasteiger partial charge < -0.3 is 10.2 Å². The van der Waals surface area contributed by atoms with Gasteiger partial charge in [-0.05, 0) is 35.7 Å². The maximum absolute atomic E-state index is 12.0. The highest BCUT2D eigenvalue weighted by molar-refractivity contribution is 5.93. The van der Waals surface area contributed by atoms with Crippen molar-refractivity contribution in [2.45, 2.75) is 19.0 Å². The van der Waals surface area contributed by atoms with Crippen LogP contribution in [0, 0.1) is 0 Å². The van der Waals surface area contributed by atoms with Gasteiger partial charge in [0.1, 0.15) is 5.54 Å². The molecule has 7 heteroatoms. The first-order valence-electron chi connectivity index (χ1n) is 7.53. The first-order chi connectivity index (χ1) is 11.5. The molecule has 1 aromatic carbocycles. The maximum atomic E-state index is 12.0. The Bertz CT molecular complexity index is 748. The van der Waals surface area contributed by atoms with Crippen molar-refractivity contribution in [3.05, 3.63) is 54.4 Å². The molecule has 1 saturated heterocycles. The lowest BCUT2D eigenvalue weighted by Gasteiger charge is -2.20. The topological polar surface area (TPSA) is 94.6 Å². The van der Waals surface area contributed by atoms with E-state index in [0.717, 1.165) is 16.7 Å². The van der Waals surface area contributed by atoms with E-state index < -0.39 is 11.4 Å². The van der Waals surface area contributed by atoms with E-state index in [1.807, 2.05) is 36.4 Å². The Hall–Kier alpha value is -2.93. The van der Waals surface area contributed by atoms with Crippen LogP contribution in [0.15, 0.2) is 48.8 Å². The molecule has 3 amide bonds. The lowest BCUT2D eigenvalue weighted by atomic mass is 10.0. The minimum Gasteiger partial charge on any atom is -0.322 e. The second-order valence-electron chi connectivity index (χ2n) is 5.99. The van der Waals surface area contributed by atoms with Crippen LogP contribution in [0.1, 0.15) is 12.5 Å². The Morgan fingerprint density at radius 1 is 1.25 bits per heavy atom. The molecule has 0 bridgehead atoms. The number of hydrogen-bond donors (Lipinski definition) is 3. The number of carbonyl (C=O) groups excluding carboxylic acids is 2. The van der Waals surface area contributed by atoms with E-state index in [4.69, 9.17) is 5.21 Å². The van der Waals surface area contributed by atoms with Crippen molar-refractivity contribution < 1.29 is 14.8 Å². The fraction of sp³-hybridized carbons (Fsp3) is 0.235. The Labute approximate surface area is 139 Å². The number of pyridine rings is 1. The summed E-state index contributed by atoms with van der Waals surface area (Å²) in [5.74, 6) is -0.633. The van der Waals surface area contributed by atoms with Gasteiger partial charge in [0.25, 0.3) is 5.91 Å². The Balaban J connectivity index is 1.71. The number of carbonyl (C=O) groups is 2. The van der Waals surface area contributed by atoms with Gasteiger partial charge in [-0.15, -0.1) is 0 Å². The number of hydrogen-bond acceptors (Lipinski definition) is 4. The second kappa shape index (κ2) is 6.29. The van der Waals surface area contributed by atoms with Crippen LogP contribution in [0.4, 0.5) is 4.79 Å². The molecule has 1 unspecified atom stereocenters. The highest BCUT2D eigenvalue weighted by Gasteiger charge is 2.44. The number of hydroxylamine groups is 1. The molecule has 0 spiro atoms. The summed E-state index contributed by atoms with van der Waals surface area (Å²) >= 11 is 0. The largest absolute Gasteiger partial charge is 0.322 e. The lowest BCUT2D eigenvalue weighted by Crippen LogP contribution is -2.53. The summed E-state index contributed by atoms with van der Waals surface area (Å²) in [7, 11) is 0. The lowest BCUT2D eigenvalue weighted by molar-refractivity contribution is -0.134. The van der Waals surface area contributed by atoms with Gasteiger partial charge in [0.15, 0.2) is 0 Å². The monoisotopic (exact) mass is 326 g/mol. The molecule has 124 valence electrons. The average molecular weight is 326 g/mol. The van der Waals surface area contributed by atoms with Crippen LogP contribution in [-0.4, -0.2) is 39.1 Å². The van der Waals surface area contributed by atoms with Crippen LogP contribution < -0.4 is 10.8 Å². The number of aromatic nitrogens is 1. The zero-order valence-corrected chi connectivity index (χ0v) is 13.2. The van der Waals surface area contributed by atoms with Gasteiger partial charge in [-0.1, -0.05) is 24.3 Å². The van der Waals surface area contributed by atoms with Crippen molar-refractivity contribution >= 4 is 11.9 Å². The Morgan fingerprint density at radius 2 is 1.88 bits per heavy atom. The SMILES string of the molecule is CC1(C(=O)NO)CN(Cc2ccc(-c3ccncc3)cc2)C(=O)N1. The summed E-state index contributed by atoms with van der Waals surface area (Å²) in [6.45, 7) is 2.14. The zero-order chi connectivity index (χ0) is 17.2. The molecule has 0 saturated carbocycles. The van der Waals surface area contributed by atoms with Crippen molar-refractivity contribution in [2.24, 2.45) is 0 Å². The van der Waals surface area contributed by atoms with E-state index >= 15 is 0 Å². The Kier molecular flexibility index (Phi) is 4.18. The average Bonchev–Trinajstić information content (AvgIpc) is 2.90. The number of urea groups is 1. The Morgan fingerprint density at radius 3 is 2.50 bits per heavy atom. The molecule has 2 aromatic rings. The van der Waals surface area contributed by atoms with Crippen LogP contribution in [0.2, 0.25) is 0 Å². The van der Waals surface area contributed by atoms with Gasteiger partial charge in [-0.2, -0.15) is 0 Å². The van der Waals surface area contributed by atoms with E-state index in [2.05, 4.69) is 10.3 Å². The van der Waals surface area contributed by atoms with Crippen LogP contribution in [-0.2, 0) is 11.3 Å². The van der Waals surface area contributed by atoms with Crippen LogP contribution >= 0.6 is 0 Å². The molecule has 2 heterocycles. The van der Waals surface area contributed by atoms with Crippen LogP contribution in [0.5, 0.6) is 0 Å². The normalized spacial score (nSPS) is 19.9. The van der Waals surface area contributed by atoms with Gasteiger partial charge >= 0.3 is 6.03 Å². The van der Waals surface area contributed by atoms with E-state index in [1.165, 1.54) is 4.90 Å². The third-order valence-corrected chi connectivity index (χ3v) is 4.12. The second-order valence-corrected chi connectivity index (χ2v) is 5.99. The molecule has 1 aromatic heterocycles. The molecule has 1 atom stereocenters. The number of rotatable bonds is 4. The highest BCUT2D eigenvalue weighted by Crippen LogP contribution is 2.21. The quantitative estimate of drug-likeness (QED) is 0.587. The molecule has 3 rings (SSSR count). The number of nitrogens with one attached hydrogen (secondary N) is 2. The molecule has 1 aliphatic rings. The summed E-state index contributed by atoms with van der Waals surface area (Å²) < 4.78 is 0. The molecular weight excluding hydrogens is 308 g/mol. The van der Waals surface area contributed by atoms with Crippen molar-refractivity contribution in [1.82, 2.24) is 20.7 Å². The van der Waals surface area contributed by atoms with E-state index in [9.17, 15) is 9.59 Å². The first-order valence-corrected chi connectivity index (χ1v) is 7.53. The summed E-state index contributed by atoms with van der Waals surface area (Å²) in [5.41, 5.74) is 3.55. The van der Waals surface area contributed by atoms with Crippen molar-refractivity contribution in [2.75, 3.05) is 6.54 Å². The van der Waals surface area contributed by atoms with Crippen molar-refractivity contribution in [1.29, 1.82) is 0 Å². The van der Waals surface area contributed by atoms with Crippen molar-refractivity contribution in [3.8, 4) is 11.1 Å². The zero-order valence-electron chi connectivity index (χ0n) is 13.2. The van der Waals surface area contributed by atoms with E-state index in [-0.39, 0.29) is 12.6 Å². The molecule has 1 fully saturated rings. The van der Waals surface area contributed by atoms with Gasteiger partial charge in [0, 0.05) is 18.9 Å². The minimum atomic E-state index is -1.14.